The summed E-state index contributed by atoms with van der Waals surface area (Å²) in [6, 6.07) is 1.97. The first kappa shape index (κ1) is 10.5. The number of rotatable bonds is 4. The van der Waals surface area contributed by atoms with E-state index in [0.717, 1.165) is 12.8 Å². The Bertz CT molecular complexity index is 434. The Labute approximate surface area is 92.6 Å². The number of primary amides is 1. The monoisotopic (exact) mass is 222 g/mol. The molecule has 1 fully saturated rings. The molecule has 5 N–H and O–H groups in total. The first-order chi connectivity index (χ1) is 7.58. The summed E-state index contributed by atoms with van der Waals surface area (Å²) in [4.78, 5) is 22.3. The minimum absolute atomic E-state index is 0.158. The highest BCUT2D eigenvalue weighted by molar-refractivity contribution is 5.96. The first-order valence-electron chi connectivity index (χ1n) is 5.12. The van der Waals surface area contributed by atoms with Crippen molar-refractivity contribution < 1.29 is 9.59 Å². The fourth-order valence-electron chi connectivity index (χ4n) is 1.60. The van der Waals surface area contributed by atoms with Crippen LogP contribution < -0.4 is 16.8 Å². The van der Waals surface area contributed by atoms with Gasteiger partial charge < -0.3 is 21.4 Å². The van der Waals surface area contributed by atoms with Crippen molar-refractivity contribution in [3.63, 3.8) is 0 Å². The van der Waals surface area contributed by atoms with Crippen molar-refractivity contribution in [2.24, 2.45) is 5.73 Å². The van der Waals surface area contributed by atoms with Crippen molar-refractivity contribution in [3.05, 3.63) is 18.0 Å². The predicted octanol–water partition coefficient (Wildman–Crippen LogP) is -0.380. The molecule has 86 valence electrons. The number of aromatic nitrogens is 1. The molecule has 1 heterocycles. The molecule has 16 heavy (non-hydrogen) atoms. The Kier molecular flexibility index (Phi) is 2.55. The molecule has 1 aliphatic carbocycles. The zero-order valence-corrected chi connectivity index (χ0v) is 8.77. The second-order valence-corrected chi connectivity index (χ2v) is 3.95. The molecular weight excluding hydrogens is 208 g/mol. The molecule has 0 spiro atoms. The fraction of sp³-hybridized carbons (Fsp3) is 0.400. The molecule has 0 saturated heterocycles. The van der Waals surface area contributed by atoms with Crippen LogP contribution in [0.15, 0.2) is 12.3 Å². The van der Waals surface area contributed by atoms with E-state index >= 15 is 0 Å². The van der Waals surface area contributed by atoms with Gasteiger partial charge >= 0.3 is 0 Å². The fourth-order valence-corrected chi connectivity index (χ4v) is 1.60. The lowest BCUT2D eigenvalue weighted by Gasteiger charge is -2.06. The van der Waals surface area contributed by atoms with Gasteiger partial charge in [0.2, 0.25) is 5.91 Å². The smallest absolute Gasteiger partial charge is 0.268 e. The highest BCUT2D eigenvalue weighted by Crippen LogP contribution is 2.37. The first-order valence-corrected chi connectivity index (χ1v) is 5.12. The van der Waals surface area contributed by atoms with Gasteiger partial charge in [-0.1, -0.05) is 0 Å². The van der Waals surface area contributed by atoms with E-state index in [-0.39, 0.29) is 12.5 Å². The van der Waals surface area contributed by atoms with E-state index < -0.39 is 5.91 Å². The van der Waals surface area contributed by atoms with Crippen LogP contribution in [0.2, 0.25) is 0 Å². The summed E-state index contributed by atoms with van der Waals surface area (Å²) in [5.74, 6) is -0.881. The Morgan fingerprint density at radius 3 is 2.75 bits per heavy atom. The average molecular weight is 222 g/mol. The van der Waals surface area contributed by atoms with Gasteiger partial charge in [-0.2, -0.15) is 0 Å². The number of carbonyl (C=O) groups excluding carboxylic acids is 2. The SMILES string of the molecule is NC(=O)CNC(=O)c1cc(N)cn1C1CC1. The topological polar surface area (TPSA) is 103 Å². The summed E-state index contributed by atoms with van der Waals surface area (Å²) in [5, 5.41) is 2.44. The van der Waals surface area contributed by atoms with Gasteiger partial charge in [-0.15, -0.1) is 0 Å². The van der Waals surface area contributed by atoms with Crippen LogP contribution in [0.4, 0.5) is 5.69 Å². The standard InChI is InChI=1S/C10H14N4O2/c11-6-3-8(10(16)13-4-9(12)15)14(5-6)7-1-2-7/h3,5,7H,1-2,4,11H2,(H2,12,15)(H,13,16). The Morgan fingerprint density at radius 2 is 2.19 bits per heavy atom. The molecule has 2 rings (SSSR count). The zero-order chi connectivity index (χ0) is 11.7. The Hall–Kier alpha value is -1.98. The zero-order valence-electron chi connectivity index (χ0n) is 8.77. The third-order valence-electron chi connectivity index (χ3n) is 2.47. The lowest BCUT2D eigenvalue weighted by Crippen LogP contribution is -2.34. The van der Waals surface area contributed by atoms with E-state index in [9.17, 15) is 9.59 Å². The quantitative estimate of drug-likeness (QED) is 0.647. The number of nitrogens with zero attached hydrogens (tertiary/aromatic N) is 1. The molecule has 0 aliphatic heterocycles. The molecule has 1 aromatic heterocycles. The molecule has 6 heteroatoms. The van der Waals surface area contributed by atoms with Crippen LogP contribution >= 0.6 is 0 Å². The average Bonchev–Trinajstić information content (AvgIpc) is 2.98. The summed E-state index contributed by atoms with van der Waals surface area (Å²) in [7, 11) is 0. The summed E-state index contributed by atoms with van der Waals surface area (Å²) in [5.41, 5.74) is 11.6. The Balaban J connectivity index is 2.12. The van der Waals surface area contributed by atoms with Gasteiger partial charge in [0.05, 0.1) is 12.2 Å². The van der Waals surface area contributed by atoms with Crippen LogP contribution in [0.3, 0.4) is 0 Å². The summed E-state index contributed by atoms with van der Waals surface area (Å²) < 4.78 is 1.85. The van der Waals surface area contributed by atoms with Crippen LogP contribution in [0.25, 0.3) is 0 Å². The number of anilines is 1. The van der Waals surface area contributed by atoms with Crippen LogP contribution in [0.1, 0.15) is 29.4 Å². The highest BCUT2D eigenvalue weighted by Gasteiger charge is 2.27. The van der Waals surface area contributed by atoms with Gasteiger partial charge in [0.25, 0.3) is 5.91 Å². The molecule has 0 atom stereocenters. The molecular formula is C10H14N4O2. The van der Waals surface area contributed by atoms with Crippen molar-refractivity contribution in [2.45, 2.75) is 18.9 Å². The van der Waals surface area contributed by atoms with E-state index in [2.05, 4.69) is 5.32 Å². The molecule has 0 unspecified atom stereocenters. The molecule has 2 amide bonds. The summed E-state index contributed by atoms with van der Waals surface area (Å²) in [6.07, 6.45) is 3.87. The van der Waals surface area contributed by atoms with Crippen molar-refractivity contribution in [1.29, 1.82) is 0 Å². The number of hydrogen-bond acceptors (Lipinski definition) is 3. The Morgan fingerprint density at radius 1 is 1.50 bits per heavy atom. The van der Waals surface area contributed by atoms with Gasteiger partial charge in [-0.05, 0) is 18.9 Å². The minimum atomic E-state index is -0.564. The lowest BCUT2D eigenvalue weighted by atomic mass is 10.3. The lowest BCUT2D eigenvalue weighted by molar-refractivity contribution is -0.117. The number of nitrogens with two attached hydrogens (primary N) is 2. The molecule has 0 radical (unpaired) electrons. The maximum atomic E-state index is 11.7. The van der Waals surface area contributed by atoms with Crippen molar-refractivity contribution in [3.8, 4) is 0 Å². The minimum Gasteiger partial charge on any atom is -0.397 e. The molecule has 6 nitrogen and oxygen atoms in total. The number of hydrogen-bond donors (Lipinski definition) is 3. The van der Waals surface area contributed by atoms with E-state index in [1.807, 2.05) is 4.57 Å². The summed E-state index contributed by atoms with van der Waals surface area (Å²) in [6.45, 7) is -0.158. The third-order valence-corrected chi connectivity index (χ3v) is 2.47. The van der Waals surface area contributed by atoms with Crippen LogP contribution in [0.5, 0.6) is 0 Å². The van der Waals surface area contributed by atoms with Gasteiger partial charge in [0.15, 0.2) is 0 Å². The third kappa shape index (κ3) is 2.16. The molecule has 1 aliphatic rings. The second kappa shape index (κ2) is 3.88. The number of nitrogen functional groups attached to an aromatic ring is 1. The molecule has 0 bridgehead atoms. The maximum absolute atomic E-state index is 11.7. The van der Waals surface area contributed by atoms with Gasteiger partial charge in [0.1, 0.15) is 5.69 Å². The highest BCUT2D eigenvalue weighted by atomic mass is 16.2. The molecule has 0 aromatic carbocycles. The van der Waals surface area contributed by atoms with Crippen molar-refractivity contribution in [1.82, 2.24) is 9.88 Å². The summed E-state index contributed by atoms with van der Waals surface area (Å²) >= 11 is 0. The number of amides is 2. The molecule has 1 saturated carbocycles. The van der Waals surface area contributed by atoms with E-state index in [1.165, 1.54) is 0 Å². The maximum Gasteiger partial charge on any atom is 0.268 e. The molecule has 1 aromatic rings. The van der Waals surface area contributed by atoms with Gasteiger partial charge in [-0.25, -0.2) is 0 Å². The second-order valence-electron chi connectivity index (χ2n) is 3.95. The van der Waals surface area contributed by atoms with Crippen LogP contribution in [-0.2, 0) is 4.79 Å². The number of carbonyl (C=O) groups is 2. The van der Waals surface area contributed by atoms with Gasteiger partial charge in [-0.3, -0.25) is 9.59 Å². The van der Waals surface area contributed by atoms with E-state index in [1.54, 1.807) is 12.3 Å². The van der Waals surface area contributed by atoms with Crippen molar-refractivity contribution >= 4 is 17.5 Å². The normalized spacial score (nSPS) is 14.8. The van der Waals surface area contributed by atoms with E-state index in [4.69, 9.17) is 11.5 Å². The van der Waals surface area contributed by atoms with Crippen LogP contribution in [-0.4, -0.2) is 22.9 Å². The van der Waals surface area contributed by atoms with E-state index in [0.29, 0.717) is 17.4 Å². The van der Waals surface area contributed by atoms with Gasteiger partial charge in [0, 0.05) is 12.2 Å². The number of nitrogens with one attached hydrogen (secondary N) is 1. The largest absolute Gasteiger partial charge is 0.397 e. The van der Waals surface area contributed by atoms with Crippen LogP contribution in [0, 0.1) is 0 Å². The van der Waals surface area contributed by atoms with Crippen molar-refractivity contribution in [2.75, 3.05) is 12.3 Å². The predicted molar refractivity (Wildman–Crippen MR) is 58.6 cm³/mol.